The van der Waals surface area contributed by atoms with Crippen molar-refractivity contribution in [3.05, 3.63) is 35.9 Å². The van der Waals surface area contributed by atoms with Crippen molar-refractivity contribution in [1.29, 1.82) is 0 Å². The Morgan fingerprint density at radius 2 is 1.91 bits per heavy atom. The molecule has 1 aromatic carbocycles. The normalized spacial score (nSPS) is 25.5. The van der Waals surface area contributed by atoms with Gasteiger partial charge in [-0.2, -0.15) is 0 Å². The molecule has 3 unspecified atom stereocenters. The summed E-state index contributed by atoms with van der Waals surface area (Å²) in [6.45, 7) is 0. The second-order valence-electron chi connectivity index (χ2n) is 6.20. The van der Waals surface area contributed by atoms with Gasteiger partial charge in [0.15, 0.2) is 9.84 Å². The average Bonchev–Trinajstić information content (AvgIpc) is 3.08. The van der Waals surface area contributed by atoms with Crippen LogP contribution in [0.2, 0.25) is 0 Å². The van der Waals surface area contributed by atoms with E-state index < -0.39 is 15.8 Å². The number of carbonyl (C=O) groups excluding carboxylic acids is 1. The number of benzene rings is 1. The number of hydrogen-bond donors (Lipinski definition) is 2. The lowest BCUT2D eigenvalue weighted by Crippen LogP contribution is -2.26. The van der Waals surface area contributed by atoms with E-state index >= 15 is 0 Å². The molecule has 0 spiro atoms. The zero-order valence-electron chi connectivity index (χ0n) is 12.5. The smallest absolute Gasteiger partial charge is 0.335 e. The van der Waals surface area contributed by atoms with Crippen molar-refractivity contribution in [2.75, 3.05) is 11.6 Å². The Bertz CT molecular complexity index is 812. The minimum atomic E-state index is -3.57. The van der Waals surface area contributed by atoms with Gasteiger partial charge in [-0.25, -0.2) is 13.2 Å². The molecule has 3 atom stereocenters. The van der Waals surface area contributed by atoms with Crippen LogP contribution in [0, 0.1) is 17.8 Å². The van der Waals surface area contributed by atoms with Crippen molar-refractivity contribution >= 4 is 27.4 Å². The highest BCUT2D eigenvalue weighted by atomic mass is 32.2. The van der Waals surface area contributed by atoms with Crippen LogP contribution in [0.5, 0.6) is 0 Å². The number of anilines is 1. The van der Waals surface area contributed by atoms with Gasteiger partial charge in [0.25, 0.3) is 0 Å². The van der Waals surface area contributed by atoms with Crippen LogP contribution in [0.25, 0.3) is 0 Å². The van der Waals surface area contributed by atoms with E-state index in [9.17, 15) is 18.0 Å². The molecule has 3 rings (SSSR count). The number of rotatable bonds is 4. The van der Waals surface area contributed by atoms with Gasteiger partial charge in [0.2, 0.25) is 5.91 Å². The van der Waals surface area contributed by atoms with Crippen LogP contribution in [-0.2, 0) is 14.6 Å². The molecule has 1 fully saturated rings. The highest BCUT2D eigenvalue weighted by Gasteiger charge is 2.39. The lowest BCUT2D eigenvalue weighted by molar-refractivity contribution is -0.120. The Balaban J connectivity index is 1.87. The number of fused-ring (bicyclic) bond motifs is 2. The van der Waals surface area contributed by atoms with E-state index in [0.29, 0.717) is 5.92 Å². The first kappa shape index (κ1) is 15.7. The molecule has 0 radical (unpaired) electrons. The minimum absolute atomic E-state index is 0.125. The number of nitrogens with one attached hydrogen (secondary N) is 1. The van der Waals surface area contributed by atoms with Crippen LogP contribution in [0.3, 0.4) is 0 Å². The molecule has 1 aromatic rings. The van der Waals surface area contributed by atoms with E-state index in [0.717, 1.165) is 25.2 Å². The molecular formula is C16H17NO5S. The zero-order valence-corrected chi connectivity index (χ0v) is 13.3. The van der Waals surface area contributed by atoms with Crippen molar-refractivity contribution in [2.45, 2.75) is 17.7 Å². The van der Waals surface area contributed by atoms with Crippen molar-refractivity contribution in [3.63, 3.8) is 0 Å². The van der Waals surface area contributed by atoms with E-state index in [4.69, 9.17) is 5.11 Å². The summed E-state index contributed by atoms with van der Waals surface area (Å²) in [6, 6.07) is 3.66. The first-order valence-electron chi connectivity index (χ1n) is 7.31. The topological polar surface area (TPSA) is 101 Å². The molecule has 0 heterocycles. The second-order valence-corrected chi connectivity index (χ2v) is 8.22. The first-order valence-corrected chi connectivity index (χ1v) is 9.21. The van der Waals surface area contributed by atoms with Crippen molar-refractivity contribution in [2.24, 2.45) is 17.8 Å². The fraction of sp³-hybridized carbons (Fsp3) is 0.375. The fourth-order valence-electron chi connectivity index (χ4n) is 3.33. The number of carboxylic acid groups (broad SMARTS) is 1. The van der Waals surface area contributed by atoms with E-state index in [1.165, 1.54) is 12.1 Å². The van der Waals surface area contributed by atoms with Crippen LogP contribution in [-0.4, -0.2) is 31.7 Å². The number of aromatic carboxylic acids is 1. The van der Waals surface area contributed by atoms with Gasteiger partial charge < -0.3 is 10.4 Å². The van der Waals surface area contributed by atoms with Gasteiger partial charge in [-0.3, -0.25) is 4.79 Å². The van der Waals surface area contributed by atoms with Gasteiger partial charge in [0.1, 0.15) is 0 Å². The standard InChI is InChI=1S/C16H17NO5S/c1-23(21,22)13-7-11(16(19)20)6-12(8-13)17-15(18)14-5-9-2-3-10(14)4-9/h2-3,6-10,14H,4-5H2,1H3,(H,17,18)(H,19,20). The lowest BCUT2D eigenvalue weighted by atomic mass is 9.93. The number of carbonyl (C=O) groups is 2. The van der Waals surface area contributed by atoms with Crippen LogP contribution >= 0.6 is 0 Å². The number of allylic oxidation sites excluding steroid dienone is 2. The maximum Gasteiger partial charge on any atom is 0.335 e. The summed E-state index contributed by atoms with van der Waals surface area (Å²) < 4.78 is 23.4. The largest absolute Gasteiger partial charge is 0.478 e. The Labute approximate surface area is 134 Å². The predicted molar refractivity (Wildman–Crippen MR) is 84.0 cm³/mol. The van der Waals surface area contributed by atoms with Gasteiger partial charge in [-0.15, -0.1) is 0 Å². The van der Waals surface area contributed by atoms with Crippen molar-refractivity contribution in [3.8, 4) is 0 Å². The number of hydrogen-bond acceptors (Lipinski definition) is 4. The van der Waals surface area contributed by atoms with E-state index in [1.807, 2.05) is 6.08 Å². The Morgan fingerprint density at radius 1 is 1.17 bits per heavy atom. The summed E-state index contributed by atoms with van der Waals surface area (Å²) in [5, 5.41) is 11.8. The van der Waals surface area contributed by atoms with E-state index in [1.54, 1.807) is 0 Å². The number of sulfone groups is 1. The maximum atomic E-state index is 12.4. The zero-order chi connectivity index (χ0) is 16.8. The van der Waals surface area contributed by atoms with Gasteiger partial charge in [0, 0.05) is 17.9 Å². The van der Waals surface area contributed by atoms with Gasteiger partial charge >= 0.3 is 5.97 Å². The van der Waals surface area contributed by atoms with Crippen molar-refractivity contribution in [1.82, 2.24) is 0 Å². The maximum absolute atomic E-state index is 12.4. The Hall–Kier alpha value is -2.15. The molecule has 2 N–H and O–H groups in total. The molecule has 23 heavy (non-hydrogen) atoms. The number of amides is 1. The number of carboxylic acids is 1. The summed E-state index contributed by atoms with van der Waals surface area (Å²) in [4.78, 5) is 23.4. The highest BCUT2D eigenvalue weighted by Crippen LogP contribution is 2.43. The fourth-order valence-corrected chi connectivity index (χ4v) is 4.01. The summed E-state index contributed by atoms with van der Waals surface area (Å²) in [5.41, 5.74) is 0.0261. The summed E-state index contributed by atoms with van der Waals surface area (Å²) in [5.74, 6) is -0.914. The first-order chi connectivity index (χ1) is 10.7. The quantitative estimate of drug-likeness (QED) is 0.819. The molecular weight excluding hydrogens is 318 g/mol. The third-order valence-electron chi connectivity index (χ3n) is 4.46. The van der Waals surface area contributed by atoms with Gasteiger partial charge in [-0.1, -0.05) is 12.2 Å². The highest BCUT2D eigenvalue weighted by molar-refractivity contribution is 7.90. The molecule has 1 saturated carbocycles. The third-order valence-corrected chi connectivity index (χ3v) is 5.56. The predicted octanol–water partition coefficient (Wildman–Crippen LogP) is 1.94. The van der Waals surface area contributed by atoms with Crippen LogP contribution in [0.15, 0.2) is 35.2 Å². The lowest BCUT2D eigenvalue weighted by Gasteiger charge is -2.18. The summed E-state index contributed by atoms with van der Waals surface area (Å²) >= 11 is 0. The minimum Gasteiger partial charge on any atom is -0.478 e. The third kappa shape index (κ3) is 3.14. The molecule has 0 aliphatic heterocycles. The molecule has 6 nitrogen and oxygen atoms in total. The van der Waals surface area contributed by atoms with Gasteiger partial charge in [0.05, 0.1) is 10.5 Å². The summed E-state index contributed by atoms with van der Waals surface area (Å²) in [6.07, 6.45) is 6.93. The average molecular weight is 335 g/mol. The molecule has 2 aliphatic rings. The summed E-state index contributed by atoms with van der Waals surface area (Å²) in [7, 11) is -3.57. The molecule has 2 bridgehead atoms. The van der Waals surface area contributed by atoms with E-state index in [2.05, 4.69) is 11.4 Å². The van der Waals surface area contributed by atoms with Crippen molar-refractivity contribution < 1.29 is 23.1 Å². The van der Waals surface area contributed by atoms with Gasteiger partial charge in [-0.05, 0) is 42.9 Å². The molecule has 122 valence electrons. The molecule has 2 aliphatic carbocycles. The van der Waals surface area contributed by atoms with Crippen LogP contribution in [0.1, 0.15) is 23.2 Å². The van der Waals surface area contributed by atoms with Crippen LogP contribution in [0.4, 0.5) is 5.69 Å². The van der Waals surface area contributed by atoms with Crippen LogP contribution < -0.4 is 5.32 Å². The molecule has 1 amide bonds. The monoisotopic (exact) mass is 335 g/mol. The molecule has 0 aromatic heterocycles. The second kappa shape index (κ2) is 5.49. The molecule has 7 heteroatoms. The Kier molecular flexibility index (Phi) is 3.75. The van der Waals surface area contributed by atoms with E-state index in [-0.39, 0.29) is 33.9 Å². The SMILES string of the molecule is CS(=O)(=O)c1cc(NC(=O)C2CC3C=CC2C3)cc(C(=O)O)c1. The Morgan fingerprint density at radius 3 is 2.43 bits per heavy atom. The molecule has 0 saturated heterocycles.